The first-order valence-corrected chi connectivity index (χ1v) is 9.71. The van der Waals surface area contributed by atoms with Crippen molar-refractivity contribution in [1.29, 1.82) is 0 Å². The highest BCUT2D eigenvalue weighted by atomic mass is 35.5. The van der Waals surface area contributed by atoms with Gasteiger partial charge in [0.2, 0.25) is 0 Å². The van der Waals surface area contributed by atoms with Crippen molar-refractivity contribution >= 4 is 29.5 Å². The number of hydrazone groups is 1. The van der Waals surface area contributed by atoms with Crippen molar-refractivity contribution < 1.29 is 14.3 Å². The minimum Gasteiger partial charge on any atom is -0.478 e. The molecule has 0 aliphatic carbocycles. The molecule has 0 spiro atoms. The number of nitrogens with one attached hydrogen (secondary N) is 1. The lowest BCUT2D eigenvalue weighted by Crippen LogP contribution is -2.44. The first-order valence-electron chi connectivity index (χ1n) is 9.33. The molecular weight excluding hydrogens is 400 g/mol. The van der Waals surface area contributed by atoms with Gasteiger partial charge in [0.1, 0.15) is 5.75 Å². The third kappa shape index (κ3) is 5.55. The summed E-state index contributed by atoms with van der Waals surface area (Å²) < 4.78 is 5.81. The smallest absolute Gasteiger partial charge is 0.283 e. The van der Waals surface area contributed by atoms with Crippen LogP contribution in [0.3, 0.4) is 0 Å². The zero-order chi connectivity index (χ0) is 21.6. The van der Waals surface area contributed by atoms with Gasteiger partial charge in [0.25, 0.3) is 5.91 Å². The number of amides is 1. The lowest BCUT2D eigenvalue weighted by molar-refractivity contribution is -0.134. The van der Waals surface area contributed by atoms with Gasteiger partial charge in [-0.25, -0.2) is 5.43 Å². The van der Waals surface area contributed by atoms with E-state index in [1.807, 2.05) is 30.3 Å². The van der Waals surface area contributed by atoms with E-state index in [1.165, 1.54) is 0 Å². The molecule has 0 aliphatic heterocycles. The lowest BCUT2D eigenvalue weighted by atomic mass is 10.0. The van der Waals surface area contributed by atoms with Gasteiger partial charge in [-0.05, 0) is 67.9 Å². The molecule has 0 saturated heterocycles. The van der Waals surface area contributed by atoms with E-state index in [0.717, 1.165) is 5.56 Å². The summed E-state index contributed by atoms with van der Waals surface area (Å²) >= 11 is 5.86. The fourth-order valence-corrected chi connectivity index (χ4v) is 2.75. The van der Waals surface area contributed by atoms with Gasteiger partial charge >= 0.3 is 0 Å². The third-order valence-corrected chi connectivity index (χ3v) is 4.57. The number of ketones is 1. The second-order valence-electron chi connectivity index (χ2n) is 7.08. The highest BCUT2D eigenvalue weighted by Crippen LogP contribution is 2.21. The highest BCUT2D eigenvalue weighted by Gasteiger charge is 2.30. The summed E-state index contributed by atoms with van der Waals surface area (Å²) in [6.07, 6.45) is 1.56. The second-order valence-corrected chi connectivity index (χ2v) is 7.52. The molecule has 0 radical (unpaired) electrons. The second kappa shape index (κ2) is 9.37. The van der Waals surface area contributed by atoms with E-state index in [0.29, 0.717) is 21.9 Å². The number of rotatable bonds is 7. The molecule has 0 aromatic heterocycles. The van der Waals surface area contributed by atoms with Crippen LogP contribution in [0.4, 0.5) is 0 Å². The zero-order valence-corrected chi connectivity index (χ0v) is 17.4. The average Bonchev–Trinajstić information content (AvgIpc) is 2.75. The number of benzene rings is 3. The number of nitrogens with zero attached hydrogens (tertiary/aromatic N) is 1. The Labute approximate surface area is 180 Å². The maximum atomic E-state index is 12.5. The fourth-order valence-electron chi connectivity index (χ4n) is 2.62. The fraction of sp³-hybridized carbons (Fsp3) is 0.125. The van der Waals surface area contributed by atoms with E-state index < -0.39 is 11.5 Å². The molecule has 3 rings (SSSR count). The van der Waals surface area contributed by atoms with Crippen LogP contribution in [0.1, 0.15) is 35.3 Å². The monoisotopic (exact) mass is 420 g/mol. The van der Waals surface area contributed by atoms with Crippen LogP contribution in [0.25, 0.3) is 0 Å². The Kier molecular flexibility index (Phi) is 6.65. The number of carbonyl (C=O) groups excluding carboxylic acids is 2. The molecule has 1 amide bonds. The largest absolute Gasteiger partial charge is 0.478 e. The van der Waals surface area contributed by atoms with Crippen LogP contribution in [0.15, 0.2) is 84.0 Å². The molecule has 0 unspecified atom stereocenters. The minimum atomic E-state index is -1.16. The molecule has 30 heavy (non-hydrogen) atoms. The van der Waals surface area contributed by atoms with Crippen molar-refractivity contribution in [2.24, 2.45) is 5.10 Å². The summed E-state index contributed by atoms with van der Waals surface area (Å²) in [4.78, 5) is 25.0. The Hall–Kier alpha value is -3.44. The van der Waals surface area contributed by atoms with Crippen molar-refractivity contribution in [1.82, 2.24) is 5.43 Å². The van der Waals surface area contributed by atoms with E-state index in [1.54, 1.807) is 68.6 Å². The Balaban J connectivity index is 1.61. The summed E-state index contributed by atoms with van der Waals surface area (Å²) in [5.41, 5.74) is 3.26. The molecular formula is C24H21ClN2O3. The van der Waals surface area contributed by atoms with Gasteiger partial charge in [0.15, 0.2) is 11.4 Å². The first kappa shape index (κ1) is 21.3. The molecule has 3 aromatic rings. The summed E-state index contributed by atoms with van der Waals surface area (Å²) in [6.45, 7) is 3.29. The van der Waals surface area contributed by atoms with E-state index in [9.17, 15) is 9.59 Å². The Morgan fingerprint density at radius 1 is 0.900 bits per heavy atom. The number of hydrogen-bond acceptors (Lipinski definition) is 4. The summed E-state index contributed by atoms with van der Waals surface area (Å²) in [5, 5.41) is 4.54. The van der Waals surface area contributed by atoms with Crippen molar-refractivity contribution in [2.45, 2.75) is 19.4 Å². The van der Waals surface area contributed by atoms with Crippen LogP contribution in [0.5, 0.6) is 5.75 Å². The maximum Gasteiger partial charge on any atom is 0.283 e. The molecule has 0 atom stereocenters. The van der Waals surface area contributed by atoms with Crippen LogP contribution in [0, 0.1) is 0 Å². The van der Waals surface area contributed by atoms with Crippen LogP contribution in [-0.4, -0.2) is 23.5 Å². The predicted molar refractivity (Wildman–Crippen MR) is 118 cm³/mol. The van der Waals surface area contributed by atoms with E-state index in [-0.39, 0.29) is 5.78 Å². The van der Waals surface area contributed by atoms with Gasteiger partial charge in [-0.15, -0.1) is 0 Å². The molecule has 0 bridgehead atoms. The van der Waals surface area contributed by atoms with E-state index in [4.69, 9.17) is 16.3 Å². The molecule has 1 N–H and O–H groups in total. The molecule has 152 valence electrons. The third-order valence-electron chi connectivity index (χ3n) is 4.32. The Bertz CT molecular complexity index is 1040. The molecule has 0 heterocycles. The van der Waals surface area contributed by atoms with Gasteiger partial charge in [-0.3, -0.25) is 9.59 Å². The molecule has 0 saturated carbocycles. The molecule has 6 heteroatoms. The highest BCUT2D eigenvalue weighted by molar-refractivity contribution is 6.30. The quantitative estimate of drug-likeness (QED) is 0.336. The van der Waals surface area contributed by atoms with E-state index in [2.05, 4.69) is 10.5 Å². The van der Waals surface area contributed by atoms with E-state index >= 15 is 0 Å². The minimum absolute atomic E-state index is 0.120. The van der Waals surface area contributed by atoms with Crippen LogP contribution in [0.2, 0.25) is 5.02 Å². The van der Waals surface area contributed by atoms with Crippen LogP contribution in [-0.2, 0) is 4.79 Å². The van der Waals surface area contributed by atoms with Gasteiger partial charge in [-0.1, -0.05) is 41.9 Å². The van der Waals surface area contributed by atoms with Crippen molar-refractivity contribution in [3.05, 3.63) is 101 Å². The molecule has 3 aromatic carbocycles. The molecule has 0 aliphatic rings. The predicted octanol–water partition coefficient (Wildman–Crippen LogP) is 4.88. The van der Waals surface area contributed by atoms with Gasteiger partial charge in [-0.2, -0.15) is 5.10 Å². The summed E-state index contributed by atoms with van der Waals surface area (Å²) in [5.74, 6) is -0.0451. The van der Waals surface area contributed by atoms with Gasteiger partial charge in [0, 0.05) is 16.1 Å². The number of halogens is 1. The summed E-state index contributed by atoms with van der Waals surface area (Å²) in [6, 6.07) is 22.8. The average molecular weight is 421 g/mol. The summed E-state index contributed by atoms with van der Waals surface area (Å²) in [7, 11) is 0. The van der Waals surface area contributed by atoms with Crippen molar-refractivity contribution in [3.8, 4) is 5.75 Å². The Morgan fingerprint density at radius 2 is 1.47 bits per heavy atom. The maximum absolute atomic E-state index is 12.5. The zero-order valence-electron chi connectivity index (χ0n) is 16.6. The number of ether oxygens (including phenoxy) is 1. The SMILES string of the molecule is CC(C)(Oc1ccc(C(=O)c2ccc(Cl)cc2)cc1)C(=O)N/N=C/c1ccccc1. The molecule has 5 nitrogen and oxygen atoms in total. The first-order chi connectivity index (χ1) is 14.3. The number of carbonyl (C=O) groups is 2. The van der Waals surface area contributed by atoms with Crippen molar-refractivity contribution in [3.63, 3.8) is 0 Å². The topological polar surface area (TPSA) is 67.8 Å². The van der Waals surface area contributed by atoms with Gasteiger partial charge in [0.05, 0.1) is 6.21 Å². The normalized spacial score (nSPS) is 11.3. The van der Waals surface area contributed by atoms with Crippen LogP contribution >= 0.6 is 11.6 Å². The van der Waals surface area contributed by atoms with Gasteiger partial charge < -0.3 is 4.74 Å². The lowest BCUT2D eigenvalue weighted by Gasteiger charge is -2.24. The van der Waals surface area contributed by atoms with Crippen LogP contribution < -0.4 is 10.2 Å². The van der Waals surface area contributed by atoms with Crippen molar-refractivity contribution in [2.75, 3.05) is 0 Å². The molecule has 0 fully saturated rings. The standard InChI is InChI=1S/C24H21ClN2O3/c1-24(2,23(29)27-26-16-17-6-4-3-5-7-17)30-21-14-10-19(11-15-21)22(28)18-8-12-20(25)13-9-18/h3-16H,1-2H3,(H,27,29)/b26-16+. The Morgan fingerprint density at radius 3 is 2.07 bits per heavy atom. The number of hydrogen-bond donors (Lipinski definition) is 1.